The molecule has 0 spiro atoms. The van der Waals surface area contributed by atoms with Gasteiger partial charge in [-0.25, -0.2) is 13.4 Å². The van der Waals surface area contributed by atoms with Gasteiger partial charge in [0.25, 0.3) is 15.9 Å². The number of halogens is 1. The highest BCUT2D eigenvalue weighted by atomic mass is 35.5. The normalized spacial score (nSPS) is 13.3. The largest absolute Gasteiger partial charge is 0.278 e. The zero-order valence-electron chi connectivity index (χ0n) is 20.7. The predicted octanol–water partition coefficient (Wildman–Crippen LogP) is 6.33. The molecule has 196 valence electrons. The lowest BCUT2D eigenvalue weighted by atomic mass is 10.0. The van der Waals surface area contributed by atoms with Gasteiger partial charge in [-0.2, -0.15) is 0 Å². The van der Waals surface area contributed by atoms with E-state index in [1.54, 1.807) is 29.3 Å². The first-order valence-electron chi connectivity index (χ1n) is 12.4. The molecule has 1 aliphatic heterocycles. The molecule has 0 radical (unpaired) electrons. The van der Waals surface area contributed by atoms with Crippen molar-refractivity contribution in [3.8, 4) is 0 Å². The summed E-state index contributed by atoms with van der Waals surface area (Å²) in [4.78, 5) is 24.5. The second-order valence-corrected chi connectivity index (χ2v) is 12.4. The molecule has 39 heavy (non-hydrogen) atoms. The second-order valence-electron chi connectivity index (χ2n) is 9.13. The van der Waals surface area contributed by atoms with Crippen molar-refractivity contribution >= 4 is 59.9 Å². The number of benzene rings is 3. The van der Waals surface area contributed by atoms with E-state index in [9.17, 15) is 13.2 Å². The van der Waals surface area contributed by atoms with Gasteiger partial charge in [0.2, 0.25) is 0 Å². The summed E-state index contributed by atoms with van der Waals surface area (Å²) in [7, 11) is -3.79. The number of para-hydroxylation sites is 2. The Kier molecular flexibility index (Phi) is 6.80. The summed E-state index contributed by atoms with van der Waals surface area (Å²) in [6.07, 6.45) is 3.27. The smallest absolute Gasteiger partial charge is 0.264 e. The molecule has 0 unspecified atom stereocenters. The standard InChI is InChI=1S/C29H23ClN4O3S2/c30-24-10-5-12-26-27(24)32-29(38-26)33(19-22-9-3-4-17-31-22)28(35)21-13-15-23(16-14-21)39(36,37)34-18-6-8-20-7-1-2-11-25(20)34/h1-5,7,9-17H,6,8,18-19H2. The minimum Gasteiger partial charge on any atom is -0.278 e. The van der Waals surface area contributed by atoms with Crippen LogP contribution in [-0.4, -0.2) is 30.8 Å². The van der Waals surface area contributed by atoms with Crippen LogP contribution < -0.4 is 9.21 Å². The zero-order chi connectivity index (χ0) is 27.0. The van der Waals surface area contributed by atoms with E-state index in [-0.39, 0.29) is 17.3 Å². The molecule has 2 aromatic heterocycles. The fourth-order valence-corrected chi connectivity index (χ4v) is 7.50. The van der Waals surface area contributed by atoms with E-state index in [4.69, 9.17) is 11.6 Å². The van der Waals surface area contributed by atoms with Gasteiger partial charge in [-0.3, -0.25) is 19.0 Å². The summed E-state index contributed by atoms with van der Waals surface area (Å²) in [5, 5.41) is 0.990. The Hall–Kier alpha value is -3.79. The summed E-state index contributed by atoms with van der Waals surface area (Å²) < 4.78 is 29.4. The number of pyridine rings is 1. The molecule has 0 bridgehead atoms. The molecule has 1 amide bonds. The van der Waals surface area contributed by atoms with Gasteiger partial charge in [-0.05, 0) is 73.0 Å². The lowest BCUT2D eigenvalue weighted by Gasteiger charge is -2.30. The number of carbonyl (C=O) groups excluding carboxylic acids is 1. The summed E-state index contributed by atoms with van der Waals surface area (Å²) in [6, 6.07) is 24.7. The Morgan fingerprint density at radius 3 is 2.54 bits per heavy atom. The highest BCUT2D eigenvalue weighted by Crippen LogP contribution is 2.35. The molecule has 0 aliphatic carbocycles. The van der Waals surface area contributed by atoms with Crippen LogP contribution in [0.3, 0.4) is 0 Å². The Balaban J connectivity index is 1.33. The molecule has 10 heteroatoms. The van der Waals surface area contributed by atoms with E-state index in [1.807, 2.05) is 54.6 Å². The Bertz CT molecular complexity index is 1770. The Morgan fingerprint density at radius 2 is 1.77 bits per heavy atom. The topological polar surface area (TPSA) is 83.5 Å². The fraction of sp³-hybridized carbons (Fsp3) is 0.138. The number of sulfonamides is 1. The Morgan fingerprint density at radius 1 is 0.974 bits per heavy atom. The van der Waals surface area contributed by atoms with Gasteiger partial charge in [-0.15, -0.1) is 0 Å². The first-order valence-corrected chi connectivity index (χ1v) is 15.0. The molecule has 3 heterocycles. The van der Waals surface area contributed by atoms with Gasteiger partial charge in [0.1, 0.15) is 5.52 Å². The molecule has 7 nitrogen and oxygen atoms in total. The van der Waals surface area contributed by atoms with Crippen LogP contribution in [0.25, 0.3) is 10.2 Å². The van der Waals surface area contributed by atoms with Gasteiger partial charge in [0, 0.05) is 18.3 Å². The molecule has 0 saturated heterocycles. The fourth-order valence-electron chi connectivity index (χ4n) is 4.70. The number of anilines is 2. The average Bonchev–Trinajstić information content (AvgIpc) is 3.41. The number of rotatable bonds is 6. The maximum absolute atomic E-state index is 13.8. The van der Waals surface area contributed by atoms with Gasteiger partial charge in [-0.1, -0.05) is 53.3 Å². The number of nitrogens with zero attached hydrogens (tertiary/aromatic N) is 4. The number of aromatic nitrogens is 2. The van der Waals surface area contributed by atoms with E-state index in [2.05, 4.69) is 9.97 Å². The monoisotopic (exact) mass is 574 g/mol. The number of amides is 1. The van der Waals surface area contributed by atoms with Crippen LogP contribution in [0.1, 0.15) is 28.0 Å². The lowest BCUT2D eigenvalue weighted by Crippen LogP contribution is -2.35. The lowest BCUT2D eigenvalue weighted by molar-refractivity contribution is 0.0984. The average molecular weight is 575 g/mol. The van der Waals surface area contributed by atoms with E-state index < -0.39 is 10.0 Å². The van der Waals surface area contributed by atoms with Crippen molar-refractivity contribution in [2.75, 3.05) is 15.7 Å². The highest BCUT2D eigenvalue weighted by Gasteiger charge is 2.29. The zero-order valence-corrected chi connectivity index (χ0v) is 23.1. The van der Waals surface area contributed by atoms with Crippen LogP contribution in [-0.2, 0) is 23.0 Å². The van der Waals surface area contributed by atoms with Crippen LogP contribution in [0, 0.1) is 0 Å². The summed E-state index contributed by atoms with van der Waals surface area (Å²) in [6.45, 7) is 0.611. The third kappa shape index (κ3) is 4.89. The number of fused-ring (bicyclic) bond motifs is 2. The Labute approximate surface area is 235 Å². The van der Waals surface area contributed by atoms with Crippen LogP contribution >= 0.6 is 22.9 Å². The SMILES string of the molecule is O=C(c1ccc(S(=O)(=O)N2CCCc3ccccc32)cc1)N(Cc1ccccn1)c1nc2c(Cl)cccc2s1. The first-order chi connectivity index (χ1) is 18.9. The van der Waals surface area contributed by atoms with E-state index in [0.29, 0.717) is 39.2 Å². The molecular formula is C29H23ClN4O3S2. The third-order valence-corrected chi connectivity index (χ3v) is 9.81. The summed E-state index contributed by atoms with van der Waals surface area (Å²) in [5.74, 6) is -0.317. The van der Waals surface area contributed by atoms with Crippen LogP contribution in [0.2, 0.25) is 5.02 Å². The minimum absolute atomic E-state index is 0.138. The molecular weight excluding hydrogens is 552 g/mol. The first kappa shape index (κ1) is 25.5. The highest BCUT2D eigenvalue weighted by molar-refractivity contribution is 7.92. The van der Waals surface area contributed by atoms with Crippen molar-refractivity contribution in [3.05, 3.63) is 113 Å². The van der Waals surface area contributed by atoms with Crippen molar-refractivity contribution in [3.63, 3.8) is 0 Å². The number of aryl methyl sites for hydroxylation is 1. The van der Waals surface area contributed by atoms with E-state index in [0.717, 1.165) is 23.1 Å². The maximum Gasteiger partial charge on any atom is 0.264 e. The maximum atomic E-state index is 13.8. The summed E-state index contributed by atoms with van der Waals surface area (Å²) >= 11 is 7.72. The molecule has 3 aromatic carbocycles. The summed E-state index contributed by atoms with van der Waals surface area (Å²) in [5.41, 5.74) is 3.38. The molecule has 1 aliphatic rings. The molecule has 5 aromatic rings. The number of hydrogen-bond acceptors (Lipinski definition) is 6. The predicted molar refractivity (Wildman–Crippen MR) is 155 cm³/mol. The van der Waals surface area contributed by atoms with Gasteiger partial charge in [0.15, 0.2) is 5.13 Å². The number of thiazole rings is 1. The van der Waals surface area contributed by atoms with Crippen LogP contribution in [0.15, 0.2) is 96.0 Å². The molecule has 0 atom stereocenters. The number of hydrogen-bond donors (Lipinski definition) is 0. The van der Waals surface area contributed by atoms with Crippen molar-refractivity contribution in [1.82, 2.24) is 9.97 Å². The molecule has 0 fully saturated rings. The van der Waals surface area contributed by atoms with Crippen molar-refractivity contribution in [2.45, 2.75) is 24.3 Å². The minimum atomic E-state index is -3.79. The van der Waals surface area contributed by atoms with E-state index in [1.165, 1.54) is 27.8 Å². The molecule has 0 N–H and O–H groups in total. The van der Waals surface area contributed by atoms with Gasteiger partial charge >= 0.3 is 0 Å². The second kappa shape index (κ2) is 10.4. The quantitative estimate of drug-likeness (QED) is 0.236. The van der Waals surface area contributed by atoms with Gasteiger partial charge in [0.05, 0.1) is 32.5 Å². The van der Waals surface area contributed by atoms with Gasteiger partial charge < -0.3 is 0 Å². The third-order valence-electron chi connectivity index (χ3n) is 6.64. The van der Waals surface area contributed by atoms with E-state index >= 15 is 0 Å². The molecule has 0 saturated carbocycles. The number of carbonyl (C=O) groups is 1. The van der Waals surface area contributed by atoms with Crippen LogP contribution in [0.5, 0.6) is 0 Å². The molecule has 6 rings (SSSR count). The van der Waals surface area contributed by atoms with Crippen molar-refractivity contribution in [2.24, 2.45) is 0 Å². The van der Waals surface area contributed by atoms with Crippen molar-refractivity contribution in [1.29, 1.82) is 0 Å². The van der Waals surface area contributed by atoms with Crippen molar-refractivity contribution < 1.29 is 13.2 Å². The van der Waals surface area contributed by atoms with Crippen LogP contribution in [0.4, 0.5) is 10.8 Å².